The first-order chi connectivity index (χ1) is 16.3. The molecule has 176 valence electrons. The lowest BCUT2D eigenvalue weighted by Gasteiger charge is -2.27. The van der Waals surface area contributed by atoms with E-state index in [4.69, 9.17) is 5.73 Å². The standard InChI is InChI=1S/C24H23F3N6O/c1-3-32-20(16-8-13(25)4-7-18(16)26)11-33(24(32)34)14-5-6-15(19(27)9-14)17-10-31(2)23-21(17)22(28)29-12-30-23/h4-10,12,20,24,34H,3,11H2,1-2H3,(H2,28,29,30). The van der Waals surface area contributed by atoms with Crippen molar-refractivity contribution in [1.29, 1.82) is 0 Å². The maximum Gasteiger partial charge on any atom is 0.187 e. The molecule has 0 aliphatic carbocycles. The van der Waals surface area contributed by atoms with Crippen LogP contribution < -0.4 is 10.6 Å². The van der Waals surface area contributed by atoms with Crippen molar-refractivity contribution in [2.24, 2.45) is 7.05 Å². The molecule has 10 heteroatoms. The molecule has 3 N–H and O–H groups in total. The Labute approximate surface area is 193 Å². The van der Waals surface area contributed by atoms with Crippen molar-refractivity contribution in [2.75, 3.05) is 23.7 Å². The second kappa shape index (κ2) is 8.30. The van der Waals surface area contributed by atoms with E-state index in [0.29, 0.717) is 34.4 Å². The minimum absolute atomic E-state index is 0.145. The van der Waals surface area contributed by atoms with Crippen molar-refractivity contribution in [2.45, 2.75) is 19.3 Å². The molecule has 3 heterocycles. The number of aromatic nitrogens is 3. The maximum atomic E-state index is 15.4. The summed E-state index contributed by atoms with van der Waals surface area (Å²) in [5.41, 5.74) is 8.04. The van der Waals surface area contributed by atoms with Gasteiger partial charge in [-0.2, -0.15) is 0 Å². The molecule has 0 amide bonds. The summed E-state index contributed by atoms with van der Waals surface area (Å²) in [5, 5.41) is 11.5. The van der Waals surface area contributed by atoms with Gasteiger partial charge in [-0.15, -0.1) is 0 Å². The third kappa shape index (κ3) is 3.46. The average Bonchev–Trinajstić information content (AvgIpc) is 3.33. The van der Waals surface area contributed by atoms with E-state index in [1.54, 1.807) is 39.7 Å². The summed E-state index contributed by atoms with van der Waals surface area (Å²) >= 11 is 0. The van der Waals surface area contributed by atoms with Crippen LogP contribution in [-0.2, 0) is 7.05 Å². The summed E-state index contributed by atoms with van der Waals surface area (Å²) in [4.78, 5) is 11.4. The number of aliphatic hydroxyl groups excluding tert-OH is 1. The van der Waals surface area contributed by atoms with E-state index in [1.807, 2.05) is 6.92 Å². The van der Waals surface area contributed by atoms with Crippen LogP contribution in [0.1, 0.15) is 18.5 Å². The summed E-state index contributed by atoms with van der Waals surface area (Å²) in [6.45, 7) is 2.35. The molecule has 1 saturated heterocycles. The second-order valence-corrected chi connectivity index (χ2v) is 8.29. The highest BCUT2D eigenvalue weighted by Gasteiger charge is 2.40. The Hall–Kier alpha value is -3.63. The highest BCUT2D eigenvalue weighted by atomic mass is 19.1. The highest BCUT2D eigenvalue weighted by Crippen LogP contribution is 2.39. The number of nitrogens with two attached hydrogens (primary N) is 1. The molecule has 0 radical (unpaired) electrons. The van der Waals surface area contributed by atoms with E-state index in [2.05, 4.69) is 9.97 Å². The Bertz CT molecular complexity index is 1390. The number of hydrogen-bond acceptors (Lipinski definition) is 6. The predicted octanol–water partition coefficient (Wildman–Crippen LogP) is 3.79. The first kappa shape index (κ1) is 22.2. The third-order valence-electron chi connectivity index (χ3n) is 6.38. The number of nitrogen functional groups attached to an aromatic ring is 1. The largest absolute Gasteiger partial charge is 0.383 e. The minimum Gasteiger partial charge on any atom is -0.383 e. The van der Waals surface area contributed by atoms with Gasteiger partial charge in [0.05, 0.1) is 11.4 Å². The molecule has 2 atom stereocenters. The number of fused-ring (bicyclic) bond motifs is 1. The first-order valence-electron chi connectivity index (χ1n) is 10.8. The predicted molar refractivity (Wildman–Crippen MR) is 123 cm³/mol. The lowest BCUT2D eigenvalue weighted by Crippen LogP contribution is -2.39. The number of benzene rings is 2. The van der Waals surface area contributed by atoms with Crippen LogP contribution in [0, 0.1) is 17.5 Å². The van der Waals surface area contributed by atoms with Crippen LogP contribution in [0.3, 0.4) is 0 Å². The third-order valence-corrected chi connectivity index (χ3v) is 6.38. The van der Waals surface area contributed by atoms with Crippen LogP contribution in [-0.4, -0.2) is 44.0 Å². The Balaban J connectivity index is 1.52. The summed E-state index contributed by atoms with van der Waals surface area (Å²) in [6.07, 6.45) is 1.96. The van der Waals surface area contributed by atoms with E-state index >= 15 is 4.39 Å². The normalized spacial score (nSPS) is 18.8. The van der Waals surface area contributed by atoms with Gasteiger partial charge in [-0.3, -0.25) is 4.90 Å². The molecule has 4 aromatic rings. The lowest BCUT2D eigenvalue weighted by atomic mass is 10.0. The van der Waals surface area contributed by atoms with Gasteiger partial charge < -0.3 is 20.3 Å². The number of rotatable bonds is 4. The fourth-order valence-corrected chi connectivity index (χ4v) is 4.73. The van der Waals surface area contributed by atoms with Gasteiger partial charge in [0.25, 0.3) is 0 Å². The zero-order valence-corrected chi connectivity index (χ0v) is 18.6. The highest BCUT2D eigenvalue weighted by molar-refractivity contribution is 6.00. The summed E-state index contributed by atoms with van der Waals surface area (Å²) in [5.74, 6) is -1.40. The van der Waals surface area contributed by atoms with Gasteiger partial charge in [-0.1, -0.05) is 6.92 Å². The number of aliphatic hydroxyl groups is 1. The molecule has 0 bridgehead atoms. The molecule has 2 aromatic heterocycles. The SMILES string of the molecule is CCN1C(c2cc(F)ccc2F)CN(c2ccc(-c3cn(C)c4ncnc(N)c34)c(F)c2)C1O. The molecular weight excluding hydrogens is 445 g/mol. The number of anilines is 2. The van der Waals surface area contributed by atoms with Crippen LogP contribution in [0.25, 0.3) is 22.2 Å². The molecule has 7 nitrogen and oxygen atoms in total. The molecule has 0 saturated carbocycles. The molecule has 5 rings (SSSR count). The van der Waals surface area contributed by atoms with E-state index in [0.717, 1.165) is 18.2 Å². The van der Waals surface area contributed by atoms with Gasteiger partial charge in [0.15, 0.2) is 6.35 Å². The van der Waals surface area contributed by atoms with Crippen molar-refractivity contribution < 1.29 is 18.3 Å². The number of aryl methyl sites for hydroxylation is 1. The molecular formula is C24H23F3N6O. The van der Waals surface area contributed by atoms with Crippen molar-refractivity contribution in [1.82, 2.24) is 19.4 Å². The minimum atomic E-state index is -1.13. The second-order valence-electron chi connectivity index (χ2n) is 8.29. The summed E-state index contributed by atoms with van der Waals surface area (Å²) in [7, 11) is 1.79. The van der Waals surface area contributed by atoms with Gasteiger partial charge in [0, 0.05) is 48.7 Å². The topological polar surface area (TPSA) is 83.4 Å². The zero-order chi connectivity index (χ0) is 24.1. The smallest absolute Gasteiger partial charge is 0.187 e. The summed E-state index contributed by atoms with van der Waals surface area (Å²) < 4.78 is 45.4. The van der Waals surface area contributed by atoms with Crippen LogP contribution in [0.2, 0.25) is 0 Å². The van der Waals surface area contributed by atoms with Crippen LogP contribution in [0.15, 0.2) is 48.9 Å². The van der Waals surface area contributed by atoms with Crippen molar-refractivity contribution in [3.05, 3.63) is 71.9 Å². The number of nitrogens with zero attached hydrogens (tertiary/aromatic N) is 5. The average molecular weight is 468 g/mol. The number of halogens is 3. The maximum absolute atomic E-state index is 15.4. The van der Waals surface area contributed by atoms with Crippen LogP contribution in [0.4, 0.5) is 24.7 Å². The number of likely N-dealkylation sites (N-methyl/N-ethyl adjacent to an activating group) is 1. The van der Waals surface area contributed by atoms with Gasteiger partial charge >= 0.3 is 0 Å². The fraction of sp³-hybridized carbons (Fsp3) is 0.250. The Morgan fingerprint density at radius 2 is 1.85 bits per heavy atom. The monoisotopic (exact) mass is 468 g/mol. The molecule has 1 aliphatic heterocycles. The summed E-state index contributed by atoms with van der Waals surface area (Å²) in [6, 6.07) is 7.25. The van der Waals surface area contributed by atoms with E-state index in [9.17, 15) is 13.9 Å². The fourth-order valence-electron chi connectivity index (χ4n) is 4.73. The van der Waals surface area contributed by atoms with Gasteiger partial charge in [0.1, 0.15) is 35.2 Å². The van der Waals surface area contributed by atoms with Crippen molar-refractivity contribution in [3.8, 4) is 11.1 Å². The first-order valence-corrected chi connectivity index (χ1v) is 10.8. The van der Waals surface area contributed by atoms with E-state index in [-0.39, 0.29) is 17.9 Å². The molecule has 2 unspecified atom stereocenters. The number of hydrogen-bond donors (Lipinski definition) is 2. The Morgan fingerprint density at radius 1 is 1.06 bits per heavy atom. The van der Waals surface area contributed by atoms with Crippen LogP contribution >= 0.6 is 0 Å². The van der Waals surface area contributed by atoms with Gasteiger partial charge in [-0.25, -0.2) is 23.1 Å². The van der Waals surface area contributed by atoms with E-state index < -0.39 is 29.8 Å². The molecule has 34 heavy (non-hydrogen) atoms. The molecule has 1 aliphatic rings. The Morgan fingerprint density at radius 3 is 2.59 bits per heavy atom. The Kier molecular flexibility index (Phi) is 5.41. The zero-order valence-electron chi connectivity index (χ0n) is 18.6. The van der Waals surface area contributed by atoms with Gasteiger partial charge in [-0.05, 0) is 36.4 Å². The van der Waals surface area contributed by atoms with Crippen molar-refractivity contribution >= 4 is 22.5 Å². The lowest BCUT2D eigenvalue weighted by molar-refractivity contribution is 0.0216. The molecule has 2 aromatic carbocycles. The van der Waals surface area contributed by atoms with Crippen LogP contribution in [0.5, 0.6) is 0 Å². The molecule has 1 fully saturated rings. The van der Waals surface area contributed by atoms with E-state index in [1.165, 1.54) is 12.4 Å². The van der Waals surface area contributed by atoms with Gasteiger partial charge in [0.2, 0.25) is 0 Å². The quantitative estimate of drug-likeness (QED) is 0.474. The van der Waals surface area contributed by atoms with Crippen molar-refractivity contribution in [3.63, 3.8) is 0 Å². The molecule has 0 spiro atoms.